The Hall–Kier alpha value is -2.31. The highest BCUT2D eigenvalue weighted by Gasteiger charge is 2.18. The van der Waals surface area contributed by atoms with Crippen molar-refractivity contribution in [3.05, 3.63) is 54.1 Å². The summed E-state index contributed by atoms with van der Waals surface area (Å²) in [5.74, 6) is 1.65. The zero-order valence-electron chi connectivity index (χ0n) is 15.1. The van der Waals surface area contributed by atoms with Gasteiger partial charge < -0.3 is 25.0 Å². The maximum Gasteiger partial charge on any atom is 0.171 e. The third-order valence-electron chi connectivity index (χ3n) is 3.99. The number of anilines is 1. The van der Waals surface area contributed by atoms with Crippen LogP contribution in [0, 0.1) is 0 Å². The molecular formula is C19H26N3O2S+. The molecule has 0 heterocycles. The van der Waals surface area contributed by atoms with Crippen LogP contribution in [-0.4, -0.2) is 40.0 Å². The normalized spacial score (nSPS) is 11.7. The van der Waals surface area contributed by atoms with Gasteiger partial charge in [-0.3, -0.25) is 0 Å². The Labute approximate surface area is 154 Å². The molecule has 2 rings (SSSR count). The molecular weight excluding hydrogens is 334 g/mol. The molecule has 0 saturated heterocycles. The van der Waals surface area contributed by atoms with Gasteiger partial charge >= 0.3 is 0 Å². The maximum absolute atomic E-state index is 5.42. The smallest absolute Gasteiger partial charge is 0.171 e. The summed E-state index contributed by atoms with van der Waals surface area (Å²) < 4.78 is 10.6. The first kappa shape index (κ1) is 19.0. The molecule has 0 bridgehead atoms. The number of likely N-dealkylation sites (N-methyl/N-ethyl adjacent to an activating group) is 1. The van der Waals surface area contributed by atoms with Gasteiger partial charge in [-0.15, -0.1) is 0 Å². The Kier molecular flexibility index (Phi) is 7.03. The van der Waals surface area contributed by atoms with Gasteiger partial charge in [-0.2, -0.15) is 0 Å². The van der Waals surface area contributed by atoms with Crippen LogP contribution in [0.2, 0.25) is 0 Å². The minimum absolute atomic E-state index is 0.250. The number of ether oxygens (including phenoxy) is 2. The lowest BCUT2D eigenvalue weighted by atomic mass is 10.1. The van der Waals surface area contributed by atoms with Crippen LogP contribution in [0.3, 0.4) is 0 Å². The van der Waals surface area contributed by atoms with Gasteiger partial charge in [-0.05, 0) is 36.5 Å². The van der Waals surface area contributed by atoms with Crippen molar-refractivity contribution in [2.24, 2.45) is 0 Å². The van der Waals surface area contributed by atoms with E-state index >= 15 is 0 Å². The van der Waals surface area contributed by atoms with Gasteiger partial charge in [0.25, 0.3) is 0 Å². The van der Waals surface area contributed by atoms with Gasteiger partial charge in [0.1, 0.15) is 17.5 Å². The Balaban J connectivity index is 1.99. The van der Waals surface area contributed by atoms with Crippen molar-refractivity contribution in [3.8, 4) is 11.5 Å². The molecule has 6 heteroatoms. The van der Waals surface area contributed by atoms with Gasteiger partial charge in [0, 0.05) is 17.3 Å². The first-order chi connectivity index (χ1) is 12.0. The highest BCUT2D eigenvalue weighted by molar-refractivity contribution is 7.80. The number of thiocarbonyl (C=S) groups is 1. The van der Waals surface area contributed by atoms with Crippen molar-refractivity contribution in [2.75, 3.05) is 40.2 Å². The molecule has 0 aliphatic rings. The minimum Gasteiger partial charge on any atom is -0.497 e. The van der Waals surface area contributed by atoms with E-state index in [4.69, 9.17) is 21.7 Å². The quantitative estimate of drug-likeness (QED) is 0.658. The van der Waals surface area contributed by atoms with Crippen LogP contribution >= 0.6 is 12.2 Å². The van der Waals surface area contributed by atoms with Crippen LogP contribution in [0.25, 0.3) is 0 Å². The number of nitrogens with one attached hydrogen (secondary N) is 3. The maximum atomic E-state index is 5.42. The molecule has 2 aromatic rings. The van der Waals surface area contributed by atoms with E-state index < -0.39 is 0 Å². The highest BCUT2D eigenvalue weighted by atomic mass is 32.1. The fourth-order valence-corrected chi connectivity index (χ4v) is 2.79. The summed E-state index contributed by atoms with van der Waals surface area (Å²) in [5.41, 5.74) is 2.10. The molecule has 0 aliphatic heterocycles. The molecule has 3 N–H and O–H groups in total. The van der Waals surface area contributed by atoms with Crippen molar-refractivity contribution >= 4 is 23.0 Å². The van der Waals surface area contributed by atoms with E-state index in [9.17, 15) is 0 Å². The molecule has 0 aliphatic carbocycles. The lowest BCUT2D eigenvalue weighted by molar-refractivity contribution is -0.890. The zero-order valence-corrected chi connectivity index (χ0v) is 15.9. The summed E-state index contributed by atoms with van der Waals surface area (Å²) in [4.78, 5) is 1.31. The van der Waals surface area contributed by atoms with E-state index in [1.54, 1.807) is 14.2 Å². The molecule has 134 valence electrons. The van der Waals surface area contributed by atoms with Gasteiger partial charge in [0.05, 0.1) is 34.9 Å². The fraction of sp³-hybridized carbons (Fsp3) is 0.316. The molecule has 0 amide bonds. The van der Waals surface area contributed by atoms with Crippen molar-refractivity contribution in [1.29, 1.82) is 0 Å². The van der Waals surface area contributed by atoms with Crippen LogP contribution < -0.4 is 25.0 Å². The average Bonchev–Trinajstić information content (AvgIpc) is 2.62. The van der Waals surface area contributed by atoms with Crippen LogP contribution in [0.5, 0.6) is 11.5 Å². The van der Waals surface area contributed by atoms with Gasteiger partial charge in [0.2, 0.25) is 0 Å². The molecule has 25 heavy (non-hydrogen) atoms. The Morgan fingerprint density at radius 2 is 1.68 bits per heavy atom. The summed E-state index contributed by atoms with van der Waals surface area (Å²) >= 11 is 5.42. The lowest BCUT2D eigenvalue weighted by Gasteiger charge is -2.23. The third kappa shape index (κ3) is 5.62. The first-order valence-electron chi connectivity index (χ1n) is 8.16. The molecule has 0 radical (unpaired) electrons. The second kappa shape index (κ2) is 9.25. The summed E-state index contributed by atoms with van der Waals surface area (Å²) in [7, 11) is 7.59. The number of benzene rings is 2. The SMILES string of the molecule is COc1cccc(NC(=S)NC[C@@H](c2cccc(OC)c2)[NH+](C)C)c1. The molecule has 2 aromatic carbocycles. The molecule has 1 atom stereocenters. The zero-order chi connectivity index (χ0) is 18.2. The first-order valence-corrected chi connectivity index (χ1v) is 8.57. The molecule has 0 spiro atoms. The van der Waals surface area contributed by atoms with Crippen molar-refractivity contribution in [1.82, 2.24) is 5.32 Å². The van der Waals surface area contributed by atoms with Crippen molar-refractivity contribution in [3.63, 3.8) is 0 Å². The topological polar surface area (TPSA) is 47.0 Å². The van der Waals surface area contributed by atoms with Gasteiger partial charge in [0.15, 0.2) is 5.11 Å². The van der Waals surface area contributed by atoms with Gasteiger partial charge in [-0.1, -0.05) is 18.2 Å². The van der Waals surface area contributed by atoms with Crippen LogP contribution in [0.15, 0.2) is 48.5 Å². The number of rotatable bonds is 7. The van der Waals surface area contributed by atoms with E-state index in [0.717, 1.165) is 17.2 Å². The van der Waals surface area contributed by atoms with Gasteiger partial charge in [-0.25, -0.2) is 0 Å². The predicted octanol–water partition coefficient (Wildman–Crippen LogP) is 1.88. The fourth-order valence-electron chi connectivity index (χ4n) is 2.58. The van der Waals surface area contributed by atoms with Crippen molar-refractivity contribution in [2.45, 2.75) is 6.04 Å². The van der Waals surface area contributed by atoms with E-state index in [1.165, 1.54) is 10.5 Å². The third-order valence-corrected chi connectivity index (χ3v) is 4.23. The number of quaternary nitrogens is 1. The molecule has 5 nitrogen and oxygen atoms in total. The van der Waals surface area contributed by atoms with Crippen LogP contribution in [0.1, 0.15) is 11.6 Å². The van der Waals surface area contributed by atoms with E-state index in [0.29, 0.717) is 11.7 Å². The molecule has 0 saturated carbocycles. The second-order valence-electron chi connectivity index (χ2n) is 5.97. The summed E-state index contributed by atoms with van der Waals surface area (Å²) in [6, 6.07) is 16.1. The Morgan fingerprint density at radius 3 is 2.32 bits per heavy atom. The predicted molar refractivity (Wildman–Crippen MR) is 106 cm³/mol. The van der Waals surface area contributed by atoms with Crippen LogP contribution in [-0.2, 0) is 0 Å². The molecule has 0 aromatic heterocycles. The lowest BCUT2D eigenvalue weighted by Crippen LogP contribution is -3.07. The minimum atomic E-state index is 0.250. The average molecular weight is 361 g/mol. The van der Waals surface area contributed by atoms with Crippen LogP contribution in [0.4, 0.5) is 5.69 Å². The Morgan fingerprint density at radius 1 is 1.04 bits per heavy atom. The summed E-state index contributed by atoms with van der Waals surface area (Å²) in [5, 5.41) is 7.08. The largest absolute Gasteiger partial charge is 0.497 e. The van der Waals surface area contributed by atoms with E-state index in [1.807, 2.05) is 36.4 Å². The Bertz CT molecular complexity index is 707. The second-order valence-corrected chi connectivity index (χ2v) is 6.38. The number of hydrogen-bond acceptors (Lipinski definition) is 3. The monoisotopic (exact) mass is 360 g/mol. The standard InChI is InChI=1S/C19H25N3O2S/c1-22(2)18(14-7-5-9-16(11-14)23-3)13-20-19(25)21-15-8-6-10-17(12-15)24-4/h5-12,18H,13H2,1-4H3,(H2,20,21,25)/p+1/t18-/m0/s1. The number of methoxy groups -OCH3 is 2. The van der Waals surface area contributed by atoms with E-state index in [-0.39, 0.29) is 6.04 Å². The molecule has 0 fully saturated rings. The van der Waals surface area contributed by atoms with E-state index in [2.05, 4.69) is 36.9 Å². The number of hydrogen-bond donors (Lipinski definition) is 3. The summed E-state index contributed by atoms with van der Waals surface area (Å²) in [6.45, 7) is 0.714. The highest BCUT2D eigenvalue weighted by Crippen LogP contribution is 2.18. The van der Waals surface area contributed by atoms with Crippen molar-refractivity contribution < 1.29 is 14.4 Å². The molecule has 0 unspecified atom stereocenters. The summed E-state index contributed by atoms with van der Waals surface area (Å²) in [6.07, 6.45) is 0.